The van der Waals surface area contributed by atoms with Gasteiger partial charge in [0.15, 0.2) is 17.0 Å². The zero-order chi connectivity index (χ0) is 17.2. The van der Waals surface area contributed by atoms with Gasteiger partial charge < -0.3 is 5.11 Å². The number of rotatable bonds is 5. The molecule has 2 aromatic rings. The number of hydrogen-bond donors (Lipinski definition) is 1. The van der Waals surface area contributed by atoms with Crippen LogP contribution in [0.5, 0.6) is 0 Å². The van der Waals surface area contributed by atoms with Crippen molar-refractivity contribution in [3.05, 3.63) is 68.6 Å². The highest BCUT2D eigenvalue weighted by Crippen LogP contribution is 2.29. The summed E-state index contributed by atoms with van der Waals surface area (Å²) in [5.74, 6) is -2.96. The Bertz CT molecular complexity index is 707. The highest BCUT2D eigenvalue weighted by molar-refractivity contribution is 9.10. The van der Waals surface area contributed by atoms with E-state index >= 15 is 0 Å². The molecular weight excluding hydrogens is 428 g/mol. The molecule has 0 amide bonds. The molecule has 4 nitrogen and oxygen atoms in total. The van der Waals surface area contributed by atoms with Crippen LogP contribution in [0.15, 0.2) is 57.5 Å². The zero-order valence-electron chi connectivity index (χ0n) is 12.0. The maximum absolute atomic E-state index is 12.7. The summed E-state index contributed by atoms with van der Waals surface area (Å²) >= 11 is 6.49. The molecule has 23 heavy (non-hydrogen) atoms. The average Bonchev–Trinajstić information content (AvgIpc) is 2.54. The SMILES string of the molecule is CC(C(=O)O)(C(=O)c1ccc(Br)cc1)C(=O)c1ccc(Br)cc1. The standard InChI is InChI=1S/C17H12Br2O4/c1-17(16(22)23,14(20)10-2-6-12(18)7-3-10)15(21)11-4-8-13(19)9-5-11/h2-9H,1H3,(H,22,23). The van der Waals surface area contributed by atoms with Gasteiger partial charge in [0.25, 0.3) is 0 Å². The molecule has 0 aliphatic carbocycles. The van der Waals surface area contributed by atoms with E-state index in [1.807, 2.05) is 0 Å². The lowest BCUT2D eigenvalue weighted by atomic mass is 9.76. The Morgan fingerprint density at radius 3 is 1.35 bits per heavy atom. The van der Waals surface area contributed by atoms with Crippen LogP contribution < -0.4 is 0 Å². The quantitative estimate of drug-likeness (QED) is 0.554. The van der Waals surface area contributed by atoms with Gasteiger partial charge >= 0.3 is 5.97 Å². The lowest BCUT2D eigenvalue weighted by molar-refractivity contribution is -0.142. The van der Waals surface area contributed by atoms with Crippen molar-refractivity contribution in [1.82, 2.24) is 0 Å². The molecule has 0 aliphatic rings. The molecule has 1 N–H and O–H groups in total. The predicted molar refractivity (Wildman–Crippen MR) is 92.7 cm³/mol. The minimum atomic E-state index is -2.18. The largest absolute Gasteiger partial charge is 0.480 e. The molecule has 0 spiro atoms. The van der Waals surface area contributed by atoms with E-state index in [2.05, 4.69) is 31.9 Å². The monoisotopic (exact) mass is 438 g/mol. The molecule has 0 radical (unpaired) electrons. The first-order chi connectivity index (χ1) is 10.8. The summed E-state index contributed by atoms with van der Waals surface area (Å²) in [6, 6.07) is 12.5. The van der Waals surface area contributed by atoms with E-state index in [4.69, 9.17) is 0 Å². The first-order valence-electron chi connectivity index (χ1n) is 6.61. The van der Waals surface area contributed by atoms with E-state index in [-0.39, 0.29) is 11.1 Å². The van der Waals surface area contributed by atoms with E-state index in [1.54, 1.807) is 24.3 Å². The van der Waals surface area contributed by atoms with E-state index in [1.165, 1.54) is 24.3 Å². The summed E-state index contributed by atoms with van der Waals surface area (Å²) in [5.41, 5.74) is -1.84. The molecule has 2 aromatic carbocycles. The first kappa shape index (κ1) is 17.6. The van der Waals surface area contributed by atoms with Gasteiger partial charge in [-0.25, -0.2) is 0 Å². The fourth-order valence-electron chi connectivity index (χ4n) is 2.08. The van der Waals surface area contributed by atoms with Crippen molar-refractivity contribution >= 4 is 49.4 Å². The number of ketones is 2. The van der Waals surface area contributed by atoms with Crippen molar-refractivity contribution in [3.8, 4) is 0 Å². The molecule has 0 saturated carbocycles. The van der Waals surface area contributed by atoms with Crippen molar-refractivity contribution < 1.29 is 19.5 Å². The Balaban J connectivity index is 2.48. The predicted octanol–water partition coefficient (Wildman–Crippen LogP) is 4.37. The van der Waals surface area contributed by atoms with Crippen LogP contribution in [0, 0.1) is 5.41 Å². The van der Waals surface area contributed by atoms with Crippen LogP contribution in [-0.2, 0) is 4.79 Å². The minimum Gasteiger partial charge on any atom is -0.480 e. The number of benzene rings is 2. The number of halogens is 2. The van der Waals surface area contributed by atoms with Gasteiger partial charge in [0.05, 0.1) is 0 Å². The second-order valence-electron chi connectivity index (χ2n) is 5.10. The van der Waals surface area contributed by atoms with Gasteiger partial charge in [-0.1, -0.05) is 56.1 Å². The minimum absolute atomic E-state index is 0.170. The van der Waals surface area contributed by atoms with Gasteiger partial charge in [0.2, 0.25) is 0 Å². The average molecular weight is 440 g/mol. The topological polar surface area (TPSA) is 71.4 Å². The zero-order valence-corrected chi connectivity index (χ0v) is 15.2. The molecule has 0 unspecified atom stereocenters. The van der Waals surface area contributed by atoms with Gasteiger partial charge in [-0.15, -0.1) is 0 Å². The third-order valence-electron chi connectivity index (χ3n) is 3.55. The maximum Gasteiger partial charge on any atom is 0.325 e. The van der Waals surface area contributed by atoms with Crippen molar-refractivity contribution in [2.45, 2.75) is 6.92 Å². The molecular formula is C17H12Br2O4. The van der Waals surface area contributed by atoms with Crippen molar-refractivity contribution in [3.63, 3.8) is 0 Å². The number of carbonyl (C=O) groups excluding carboxylic acids is 2. The highest BCUT2D eigenvalue weighted by Gasteiger charge is 2.49. The number of carboxylic acids is 1. The van der Waals surface area contributed by atoms with Gasteiger partial charge in [0, 0.05) is 20.1 Å². The number of Topliss-reactive ketones (excluding diaryl/α,β-unsaturated/α-hetero) is 2. The Morgan fingerprint density at radius 1 is 0.783 bits per heavy atom. The third-order valence-corrected chi connectivity index (χ3v) is 4.61. The highest BCUT2D eigenvalue weighted by atomic mass is 79.9. The van der Waals surface area contributed by atoms with Crippen LogP contribution in [-0.4, -0.2) is 22.6 Å². The number of carbonyl (C=O) groups is 3. The van der Waals surface area contributed by atoms with Crippen LogP contribution in [0.2, 0.25) is 0 Å². The molecule has 2 rings (SSSR count). The molecule has 0 atom stereocenters. The summed E-state index contributed by atoms with van der Waals surface area (Å²) in [7, 11) is 0. The second kappa shape index (κ2) is 6.76. The summed E-state index contributed by atoms with van der Waals surface area (Å²) < 4.78 is 1.51. The van der Waals surface area contributed by atoms with Crippen LogP contribution in [0.25, 0.3) is 0 Å². The van der Waals surface area contributed by atoms with Crippen molar-refractivity contribution in [2.75, 3.05) is 0 Å². The molecule has 6 heteroatoms. The van der Waals surface area contributed by atoms with Crippen LogP contribution in [0.1, 0.15) is 27.6 Å². The molecule has 0 aliphatic heterocycles. The van der Waals surface area contributed by atoms with E-state index < -0.39 is 23.0 Å². The molecule has 0 fully saturated rings. The summed E-state index contributed by atoms with van der Waals surface area (Å²) in [4.78, 5) is 37.1. The van der Waals surface area contributed by atoms with Crippen molar-refractivity contribution in [2.24, 2.45) is 5.41 Å². The van der Waals surface area contributed by atoms with E-state index in [9.17, 15) is 19.5 Å². The Hall–Kier alpha value is -1.79. The summed E-state index contributed by atoms with van der Waals surface area (Å²) in [6.45, 7) is 1.14. The fourth-order valence-corrected chi connectivity index (χ4v) is 2.61. The molecule has 0 bridgehead atoms. The molecule has 118 valence electrons. The van der Waals surface area contributed by atoms with Crippen LogP contribution >= 0.6 is 31.9 Å². The normalized spacial score (nSPS) is 11.1. The lowest BCUT2D eigenvalue weighted by Crippen LogP contribution is -2.44. The Morgan fingerprint density at radius 2 is 1.09 bits per heavy atom. The third kappa shape index (κ3) is 3.43. The fraction of sp³-hybridized carbons (Fsp3) is 0.118. The van der Waals surface area contributed by atoms with Gasteiger partial charge in [-0.2, -0.15) is 0 Å². The molecule has 0 aromatic heterocycles. The van der Waals surface area contributed by atoms with E-state index in [0.717, 1.165) is 15.9 Å². The van der Waals surface area contributed by atoms with Gasteiger partial charge in [-0.3, -0.25) is 14.4 Å². The van der Waals surface area contributed by atoms with E-state index in [0.29, 0.717) is 0 Å². The van der Waals surface area contributed by atoms with Crippen LogP contribution in [0.3, 0.4) is 0 Å². The number of aliphatic carboxylic acids is 1. The van der Waals surface area contributed by atoms with Crippen LogP contribution in [0.4, 0.5) is 0 Å². The number of carboxylic acid groups (broad SMARTS) is 1. The van der Waals surface area contributed by atoms with Gasteiger partial charge in [0.1, 0.15) is 0 Å². The molecule has 0 heterocycles. The molecule has 0 saturated heterocycles. The lowest BCUT2D eigenvalue weighted by Gasteiger charge is -2.22. The smallest absolute Gasteiger partial charge is 0.325 e. The summed E-state index contributed by atoms with van der Waals surface area (Å²) in [6.07, 6.45) is 0. The first-order valence-corrected chi connectivity index (χ1v) is 8.19. The summed E-state index contributed by atoms with van der Waals surface area (Å²) in [5, 5.41) is 9.54. The van der Waals surface area contributed by atoms with Gasteiger partial charge in [-0.05, 0) is 31.2 Å². The second-order valence-corrected chi connectivity index (χ2v) is 6.93. The number of hydrogen-bond acceptors (Lipinski definition) is 3. The maximum atomic E-state index is 12.7. The Kier molecular flexibility index (Phi) is 5.16. The van der Waals surface area contributed by atoms with Crippen molar-refractivity contribution in [1.29, 1.82) is 0 Å². The Labute approximate surface area is 149 Å².